The second kappa shape index (κ2) is 5.80. The van der Waals surface area contributed by atoms with Gasteiger partial charge < -0.3 is 15.2 Å². The lowest BCUT2D eigenvalue weighted by molar-refractivity contribution is 0.352. The molecule has 0 radical (unpaired) electrons. The van der Waals surface area contributed by atoms with Crippen molar-refractivity contribution in [1.29, 1.82) is 0 Å². The highest BCUT2D eigenvalue weighted by atomic mass is 15.3. The van der Waals surface area contributed by atoms with Crippen LogP contribution in [0.25, 0.3) is 0 Å². The molecule has 5 nitrogen and oxygen atoms in total. The number of nitrogens with zero attached hydrogens (tertiary/aromatic N) is 4. The number of aryl methyl sites for hydroxylation is 1. The lowest BCUT2D eigenvalue weighted by atomic mass is 9.86. The Morgan fingerprint density at radius 3 is 2.50 bits per heavy atom. The Labute approximate surface area is 109 Å². The van der Waals surface area contributed by atoms with E-state index < -0.39 is 0 Å². The smallest absolute Gasteiger partial charge is 0.136 e. The van der Waals surface area contributed by atoms with E-state index in [1.54, 1.807) is 0 Å². The predicted octanol–water partition coefficient (Wildman–Crippen LogP) is 1.13. The van der Waals surface area contributed by atoms with Crippen LogP contribution in [0.4, 0.5) is 0 Å². The van der Waals surface area contributed by atoms with Gasteiger partial charge in [0.05, 0.1) is 0 Å². The Kier molecular flexibility index (Phi) is 4.35. The molecule has 2 rings (SSSR count). The highest BCUT2D eigenvalue weighted by molar-refractivity contribution is 5.03. The third-order valence-electron chi connectivity index (χ3n) is 3.87. The Morgan fingerprint density at radius 1 is 1.22 bits per heavy atom. The highest BCUT2D eigenvalue weighted by Gasteiger charge is 2.24. The Morgan fingerprint density at radius 2 is 1.89 bits per heavy atom. The normalized spacial score (nSPS) is 24.7. The number of likely N-dealkylation sites (N-methyl/N-ethyl adjacent to an activating group) is 1. The van der Waals surface area contributed by atoms with Gasteiger partial charge in [0, 0.05) is 25.0 Å². The van der Waals surface area contributed by atoms with Crippen molar-refractivity contribution in [2.75, 3.05) is 20.6 Å². The van der Waals surface area contributed by atoms with Crippen LogP contribution in [-0.2, 0) is 6.54 Å². The quantitative estimate of drug-likeness (QED) is 0.871. The van der Waals surface area contributed by atoms with Gasteiger partial charge in [-0.1, -0.05) is 0 Å². The van der Waals surface area contributed by atoms with Gasteiger partial charge in [-0.3, -0.25) is 0 Å². The molecule has 0 unspecified atom stereocenters. The van der Waals surface area contributed by atoms with Crippen LogP contribution in [0.3, 0.4) is 0 Å². The van der Waals surface area contributed by atoms with E-state index in [0.717, 1.165) is 44.6 Å². The molecular weight excluding hydrogens is 226 g/mol. The van der Waals surface area contributed by atoms with Gasteiger partial charge >= 0.3 is 0 Å². The van der Waals surface area contributed by atoms with Crippen LogP contribution in [0.5, 0.6) is 0 Å². The molecule has 0 amide bonds. The minimum Gasteiger partial charge on any atom is -0.328 e. The fraction of sp³-hybridized carbons (Fsp3) is 0.846. The van der Waals surface area contributed by atoms with E-state index in [1.807, 2.05) is 6.92 Å². The molecule has 0 aliphatic heterocycles. The maximum absolute atomic E-state index is 5.97. The van der Waals surface area contributed by atoms with E-state index in [1.165, 1.54) is 5.82 Å². The first-order valence-corrected chi connectivity index (χ1v) is 6.88. The van der Waals surface area contributed by atoms with Crippen LogP contribution in [0.2, 0.25) is 0 Å². The van der Waals surface area contributed by atoms with Crippen LogP contribution in [-0.4, -0.2) is 46.3 Å². The first-order chi connectivity index (χ1) is 8.58. The highest BCUT2D eigenvalue weighted by Crippen LogP contribution is 2.31. The number of aromatic nitrogens is 3. The molecule has 102 valence electrons. The summed E-state index contributed by atoms with van der Waals surface area (Å²) in [6, 6.07) is 0.389. The molecule has 0 aromatic carbocycles. The van der Waals surface area contributed by atoms with Crippen molar-refractivity contribution >= 4 is 0 Å². The fourth-order valence-electron chi connectivity index (χ4n) is 2.65. The number of rotatable bonds is 4. The zero-order valence-electron chi connectivity index (χ0n) is 11.8. The predicted molar refractivity (Wildman–Crippen MR) is 72.5 cm³/mol. The zero-order valence-corrected chi connectivity index (χ0v) is 11.8. The summed E-state index contributed by atoms with van der Waals surface area (Å²) in [7, 11) is 4.19. The van der Waals surface area contributed by atoms with Crippen molar-refractivity contribution in [3.8, 4) is 0 Å². The van der Waals surface area contributed by atoms with Gasteiger partial charge in [0.25, 0.3) is 0 Å². The maximum Gasteiger partial charge on any atom is 0.136 e. The van der Waals surface area contributed by atoms with Crippen LogP contribution in [0, 0.1) is 6.92 Å². The number of hydrogen-bond donors (Lipinski definition) is 1. The van der Waals surface area contributed by atoms with Crippen LogP contribution in [0.1, 0.15) is 43.3 Å². The monoisotopic (exact) mass is 251 g/mol. The third kappa shape index (κ3) is 3.09. The molecule has 1 heterocycles. The minimum atomic E-state index is 0.389. The zero-order chi connectivity index (χ0) is 13.1. The summed E-state index contributed by atoms with van der Waals surface area (Å²) in [5, 5.41) is 8.65. The molecule has 5 heteroatoms. The molecule has 1 aliphatic rings. The van der Waals surface area contributed by atoms with Crippen molar-refractivity contribution in [1.82, 2.24) is 19.7 Å². The standard InChI is InChI=1S/C13H25N5/c1-10-15-16-13(18(10)9-8-17(2)3)11-4-6-12(14)7-5-11/h11-12H,4-9,14H2,1-3H3. The van der Waals surface area contributed by atoms with E-state index in [9.17, 15) is 0 Å². The molecule has 1 aromatic rings. The fourth-order valence-corrected chi connectivity index (χ4v) is 2.65. The summed E-state index contributed by atoms with van der Waals surface area (Å²) < 4.78 is 2.28. The first kappa shape index (κ1) is 13.5. The van der Waals surface area contributed by atoms with Crippen LogP contribution >= 0.6 is 0 Å². The average Bonchev–Trinajstić information content (AvgIpc) is 2.69. The van der Waals surface area contributed by atoms with E-state index in [0.29, 0.717) is 12.0 Å². The van der Waals surface area contributed by atoms with Crippen molar-refractivity contribution in [2.45, 2.75) is 51.1 Å². The Bertz CT molecular complexity index is 377. The molecule has 1 aliphatic carbocycles. The lowest BCUT2D eigenvalue weighted by Crippen LogP contribution is -2.27. The second-order valence-corrected chi connectivity index (χ2v) is 5.67. The molecule has 0 spiro atoms. The summed E-state index contributed by atoms with van der Waals surface area (Å²) in [5.74, 6) is 2.75. The SMILES string of the molecule is Cc1nnc(C2CCC(N)CC2)n1CCN(C)C. The molecule has 1 fully saturated rings. The summed E-state index contributed by atoms with van der Waals surface area (Å²) in [5.41, 5.74) is 5.97. The molecule has 2 N–H and O–H groups in total. The minimum absolute atomic E-state index is 0.389. The van der Waals surface area contributed by atoms with E-state index in [2.05, 4.69) is 33.8 Å². The first-order valence-electron chi connectivity index (χ1n) is 6.88. The van der Waals surface area contributed by atoms with Crippen molar-refractivity contribution in [3.63, 3.8) is 0 Å². The van der Waals surface area contributed by atoms with E-state index in [-0.39, 0.29) is 0 Å². The maximum atomic E-state index is 5.97. The van der Waals surface area contributed by atoms with Gasteiger partial charge in [0.2, 0.25) is 0 Å². The summed E-state index contributed by atoms with van der Waals surface area (Å²) in [6.45, 7) is 4.04. The molecule has 18 heavy (non-hydrogen) atoms. The van der Waals surface area contributed by atoms with Crippen LogP contribution < -0.4 is 5.73 Å². The van der Waals surface area contributed by atoms with Gasteiger partial charge in [-0.15, -0.1) is 10.2 Å². The van der Waals surface area contributed by atoms with Crippen LogP contribution in [0.15, 0.2) is 0 Å². The van der Waals surface area contributed by atoms with Gasteiger partial charge in [-0.25, -0.2) is 0 Å². The molecule has 0 atom stereocenters. The van der Waals surface area contributed by atoms with E-state index in [4.69, 9.17) is 5.73 Å². The molecular formula is C13H25N5. The summed E-state index contributed by atoms with van der Waals surface area (Å²) >= 11 is 0. The lowest BCUT2D eigenvalue weighted by Gasteiger charge is -2.26. The van der Waals surface area contributed by atoms with Gasteiger partial charge in [-0.2, -0.15) is 0 Å². The van der Waals surface area contributed by atoms with Crippen molar-refractivity contribution in [3.05, 3.63) is 11.6 Å². The van der Waals surface area contributed by atoms with E-state index >= 15 is 0 Å². The molecule has 1 saturated carbocycles. The molecule has 0 saturated heterocycles. The number of hydrogen-bond acceptors (Lipinski definition) is 4. The van der Waals surface area contributed by atoms with Gasteiger partial charge in [0.15, 0.2) is 0 Å². The Hall–Kier alpha value is -0.940. The van der Waals surface area contributed by atoms with Gasteiger partial charge in [0.1, 0.15) is 11.6 Å². The number of nitrogens with two attached hydrogens (primary N) is 1. The molecule has 0 bridgehead atoms. The topological polar surface area (TPSA) is 60.0 Å². The Balaban J connectivity index is 2.08. The largest absolute Gasteiger partial charge is 0.328 e. The summed E-state index contributed by atoms with van der Waals surface area (Å²) in [4.78, 5) is 2.19. The van der Waals surface area contributed by atoms with Gasteiger partial charge in [-0.05, 0) is 46.7 Å². The van der Waals surface area contributed by atoms with Crippen molar-refractivity contribution in [2.24, 2.45) is 5.73 Å². The summed E-state index contributed by atoms with van der Waals surface area (Å²) in [6.07, 6.45) is 4.54. The molecule has 1 aromatic heterocycles. The average molecular weight is 251 g/mol. The van der Waals surface area contributed by atoms with Crippen molar-refractivity contribution < 1.29 is 0 Å². The third-order valence-corrected chi connectivity index (χ3v) is 3.87. The second-order valence-electron chi connectivity index (χ2n) is 5.67.